The molecule has 0 aliphatic rings. The van der Waals surface area contributed by atoms with Gasteiger partial charge in [-0.1, -0.05) is 6.92 Å². The Morgan fingerprint density at radius 3 is 2.22 bits per heavy atom. The van der Waals surface area contributed by atoms with E-state index in [1.165, 1.54) is 12.1 Å². The highest BCUT2D eigenvalue weighted by Crippen LogP contribution is 2.18. The van der Waals surface area contributed by atoms with Crippen LogP contribution in [0.3, 0.4) is 0 Å². The number of halogens is 1. The first-order valence-electron chi connectivity index (χ1n) is 5.85. The molecular weight excluding hydrogens is 255 g/mol. The summed E-state index contributed by atoms with van der Waals surface area (Å²) in [5.41, 5.74) is 0.670. The van der Waals surface area contributed by atoms with Gasteiger partial charge in [-0.3, -0.25) is 0 Å². The Balaban J connectivity index is 2.85. The van der Waals surface area contributed by atoms with Gasteiger partial charge in [-0.05, 0) is 43.7 Å². The van der Waals surface area contributed by atoms with E-state index in [1.54, 1.807) is 13.8 Å². The van der Waals surface area contributed by atoms with Crippen LogP contribution in [0.25, 0.3) is 0 Å². The van der Waals surface area contributed by atoms with Crippen LogP contribution in [-0.4, -0.2) is 28.1 Å². The van der Waals surface area contributed by atoms with Gasteiger partial charge in [0.2, 0.25) is 10.0 Å². The average Bonchev–Trinajstić information content (AvgIpc) is 2.31. The summed E-state index contributed by atoms with van der Waals surface area (Å²) < 4.78 is 39.8. The Kier molecular flexibility index (Phi) is 5.25. The summed E-state index contributed by atoms with van der Waals surface area (Å²) >= 11 is 0. The molecule has 0 aliphatic heterocycles. The quantitative estimate of drug-likeness (QED) is 0.769. The lowest BCUT2D eigenvalue weighted by Gasteiger charge is -2.09. The molecule has 0 heterocycles. The van der Waals surface area contributed by atoms with Crippen LogP contribution < -0.4 is 10.0 Å². The fourth-order valence-corrected chi connectivity index (χ4v) is 2.80. The van der Waals surface area contributed by atoms with Gasteiger partial charge in [0.05, 0.1) is 4.90 Å². The molecule has 18 heavy (non-hydrogen) atoms. The van der Waals surface area contributed by atoms with Crippen LogP contribution in [-0.2, 0) is 10.0 Å². The first-order chi connectivity index (χ1) is 8.38. The maximum absolute atomic E-state index is 13.4. The van der Waals surface area contributed by atoms with Gasteiger partial charge < -0.3 is 5.32 Å². The van der Waals surface area contributed by atoms with Crippen LogP contribution in [0, 0.1) is 19.7 Å². The van der Waals surface area contributed by atoms with Crippen LogP contribution in [0.4, 0.5) is 4.39 Å². The van der Waals surface area contributed by atoms with E-state index < -0.39 is 10.0 Å². The molecule has 0 saturated heterocycles. The lowest BCUT2D eigenvalue weighted by atomic mass is 10.1. The van der Waals surface area contributed by atoms with Crippen LogP contribution in [0.15, 0.2) is 17.0 Å². The molecule has 0 aromatic heterocycles. The molecule has 4 nitrogen and oxygen atoms in total. The molecule has 0 spiro atoms. The summed E-state index contributed by atoms with van der Waals surface area (Å²) in [5, 5.41) is 3.02. The summed E-state index contributed by atoms with van der Waals surface area (Å²) in [7, 11) is -3.56. The van der Waals surface area contributed by atoms with Crippen molar-refractivity contribution in [2.45, 2.75) is 25.7 Å². The van der Waals surface area contributed by atoms with Crippen LogP contribution in [0.2, 0.25) is 0 Å². The number of sulfonamides is 1. The third-order valence-electron chi connectivity index (χ3n) is 2.56. The van der Waals surface area contributed by atoms with Crippen molar-refractivity contribution >= 4 is 10.0 Å². The van der Waals surface area contributed by atoms with Gasteiger partial charge in [-0.15, -0.1) is 0 Å². The zero-order chi connectivity index (χ0) is 13.8. The second kappa shape index (κ2) is 6.26. The predicted octanol–water partition coefficient (Wildman–Crippen LogP) is 1.33. The summed E-state index contributed by atoms with van der Waals surface area (Å²) in [6.07, 6.45) is 0. The van der Waals surface area contributed by atoms with Gasteiger partial charge >= 0.3 is 0 Å². The Morgan fingerprint density at radius 1 is 1.17 bits per heavy atom. The van der Waals surface area contributed by atoms with E-state index in [0.717, 1.165) is 6.54 Å². The molecule has 0 aliphatic carbocycles. The number of nitrogens with one attached hydrogen (secondary N) is 2. The molecule has 0 bridgehead atoms. The van der Waals surface area contributed by atoms with Gasteiger partial charge in [0.25, 0.3) is 0 Å². The number of hydrogen-bond acceptors (Lipinski definition) is 3. The minimum absolute atomic E-state index is 0.107. The number of rotatable bonds is 6. The average molecular weight is 274 g/mol. The highest BCUT2D eigenvalue weighted by atomic mass is 32.2. The van der Waals surface area contributed by atoms with Gasteiger partial charge in [0, 0.05) is 13.1 Å². The van der Waals surface area contributed by atoms with Crippen LogP contribution in [0.5, 0.6) is 0 Å². The molecule has 6 heteroatoms. The second-order valence-corrected chi connectivity index (χ2v) is 5.89. The number of aryl methyl sites for hydroxylation is 2. The fraction of sp³-hybridized carbons (Fsp3) is 0.500. The first kappa shape index (κ1) is 15.1. The van der Waals surface area contributed by atoms with E-state index in [1.807, 2.05) is 6.92 Å². The highest BCUT2D eigenvalue weighted by Gasteiger charge is 2.16. The molecule has 2 N–H and O–H groups in total. The zero-order valence-corrected chi connectivity index (χ0v) is 11.7. The lowest BCUT2D eigenvalue weighted by Crippen LogP contribution is -2.31. The number of likely N-dealkylation sites (N-methyl/N-ethyl adjacent to an activating group) is 1. The van der Waals surface area contributed by atoms with Crippen molar-refractivity contribution in [3.05, 3.63) is 29.1 Å². The van der Waals surface area contributed by atoms with Crippen molar-refractivity contribution in [1.29, 1.82) is 0 Å². The van der Waals surface area contributed by atoms with Crippen molar-refractivity contribution in [3.63, 3.8) is 0 Å². The Morgan fingerprint density at radius 2 is 1.72 bits per heavy atom. The van der Waals surface area contributed by atoms with Crippen molar-refractivity contribution < 1.29 is 12.8 Å². The Hall–Kier alpha value is -0.980. The standard InChI is InChI=1S/C12H19FN2O2S/c1-4-14-5-6-15-18(16,17)11-7-9(2)12(13)10(3)8-11/h7-8,14-15H,4-6H2,1-3H3. The molecule has 1 aromatic rings. The van der Waals surface area contributed by atoms with Gasteiger partial charge in [0.1, 0.15) is 5.82 Å². The maximum atomic E-state index is 13.4. The maximum Gasteiger partial charge on any atom is 0.240 e. The Bertz CT molecular complexity index is 492. The van der Waals surface area contributed by atoms with Gasteiger partial charge in [0.15, 0.2) is 0 Å². The van der Waals surface area contributed by atoms with Crippen LogP contribution in [0.1, 0.15) is 18.1 Å². The summed E-state index contributed by atoms with van der Waals surface area (Å²) in [5.74, 6) is -0.360. The second-order valence-electron chi connectivity index (χ2n) is 4.12. The monoisotopic (exact) mass is 274 g/mol. The Labute approximate surface area is 108 Å². The summed E-state index contributed by atoms with van der Waals surface area (Å²) in [4.78, 5) is 0.107. The number of hydrogen-bond donors (Lipinski definition) is 2. The molecule has 1 aromatic carbocycles. The smallest absolute Gasteiger partial charge is 0.240 e. The van der Waals surface area contributed by atoms with E-state index in [9.17, 15) is 12.8 Å². The zero-order valence-electron chi connectivity index (χ0n) is 10.9. The van der Waals surface area contributed by atoms with Gasteiger partial charge in [-0.25, -0.2) is 17.5 Å². The third-order valence-corrected chi connectivity index (χ3v) is 4.00. The van der Waals surface area contributed by atoms with Crippen molar-refractivity contribution in [2.75, 3.05) is 19.6 Å². The lowest BCUT2D eigenvalue weighted by molar-refractivity contribution is 0.575. The van der Waals surface area contributed by atoms with E-state index >= 15 is 0 Å². The molecule has 0 unspecified atom stereocenters. The summed E-state index contributed by atoms with van der Waals surface area (Å²) in [6.45, 7) is 6.72. The largest absolute Gasteiger partial charge is 0.316 e. The minimum atomic E-state index is -3.56. The third kappa shape index (κ3) is 3.76. The fourth-order valence-electron chi connectivity index (χ4n) is 1.60. The molecule has 102 valence electrons. The first-order valence-corrected chi connectivity index (χ1v) is 7.34. The summed E-state index contributed by atoms with van der Waals surface area (Å²) in [6, 6.07) is 2.69. The number of benzene rings is 1. The van der Waals surface area contributed by atoms with E-state index in [4.69, 9.17) is 0 Å². The topological polar surface area (TPSA) is 58.2 Å². The molecule has 0 fully saturated rings. The van der Waals surface area contributed by atoms with Crippen LogP contribution >= 0.6 is 0 Å². The highest BCUT2D eigenvalue weighted by molar-refractivity contribution is 7.89. The molecule has 0 atom stereocenters. The molecule has 0 radical (unpaired) electrons. The normalized spacial score (nSPS) is 11.8. The molecule has 0 amide bonds. The van der Waals surface area contributed by atoms with E-state index in [-0.39, 0.29) is 10.7 Å². The minimum Gasteiger partial charge on any atom is -0.316 e. The van der Waals surface area contributed by atoms with Crippen molar-refractivity contribution in [1.82, 2.24) is 10.0 Å². The molecular formula is C12H19FN2O2S. The van der Waals surface area contributed by atoms with Gasteiger partial charge in [-0.2, -0.15) is 0 Å². The molecule has 1 rings (SSSR count). The molecule has 0 saturated carbocycles. The SMILES string of the molecule is CCNCCNS(=O)(=O)c1cc(C)c(F)c(C)c1. The predicted molar refractivity (Wildman–Crippen MR) is 69.6 cm³/mol. The van der Waals surface area contributed by atoms with E-state index in [2.05, 4.69) is 10.0 Å². The van der Waals surface area contributed by atoms with Crippen molar-refractivity contribution in [2.24, 2.45) is 0 Å². The van der Waals surface area contributed by atoms with E-state index in [0.29, 0.717) is 24.2 Å². The van der Waals surface area contributed by atoms with Crippen molar-refractivity contribution in [3.8, 4) is 0 Å².